The number of alkyl halides is 2. The maximum absolute atomic E-state index is 13.2. The van der Waals surface area contributed by atoms with E-state index in [2.05, 4.69) is 19.9 Å². The molecule has 6 nitrogen and oxygen atoms in total. The van der Waals surface area contributed by atoms with Crippen molar-refractivity contribution in [2.45, 2.75) is 38.0 Å². The highest BCUT2D eigenvalue weighted by molar-refractivity contribution is 6.30. The fourth-order valence-corrected chi connectivity index (χ4v) is 4.83. The second kappa shape index (κ2) is 11.3. The molecule has 1 amide bonds. The lowest BCUT2D eigenvalue weighted by molar-refractivity contribution is -0.126. The summed E-state index contributed by atoms with van der Waals surface area (Å²) < 4.78 is 29.3. The van der Waals surface area contributed by atoms with Crippen LogP contribution >= 0.6 is 11.6 Å². The van der Waals surface area contributed by atoms with E-state index in [9.17, 15) is 18.7 Å². The zero-order valence-corrected chi connectivity index (χ0v) is 19.6. The molecule has 3 atom stereocenters. The number of likely N-dealkylation sites (tertiary alicyclic amines) is 1. The fourth-order valence-electron chi connectivity index (χ4n) is 4.71. The molecule has 0 aliphatic carbocycles. The molecule has 2 aromatic rings. The predicted octanol–water partition coefficient (Wildman–Crippen LogP) is 4.08. The number of amides is 1. The van der Waals surface area contributed by atoms with Gasteiger partial charge in [0.25, 0.3) is 0 Å². The first-order chi connectivity index (χ1) is 16.4. The third-order valence-corrected chi connectivity index (χ3v) is 6.81. The van der Waals surface area contributed by atoms with E-state index in [-0.39, 0.29) is 17.6 Å². The van der Waals surface area contributed by atoms with Crippen molar-refractivity contribution in [1.82, 2.24) is 10.2 Å². The minimum atomic E-state index is -2.91. The van der Waals surface area contributed by atoms with Crippen LogP contribution in [0.2, 0.25) is 5.02 Å². The fraction of sp³-hybridized carbons (Fsp3) is 0.480. The number of nitrogens with one attached hydrogen (secondary N) is 1. The molecular weight excluding hydrogens is 464 g/mol. The zero-order valence-electron chi connectivity index (χ0n) is 18.9. The van der Waals surface area contributed by atoms with Crippen LogP contribution in [0.3, 0.4) is 0 Å². The summed E-state index contributed by atoms with van der Waals surface area (Å²) in [5, 5.41) is 14.9. The van der Waals surface area contributed by atoms with Gasteiger partial charge < -0.3 is 25.0 Å². The maximum Gasteiger partial charge on any atom is 0.387 e. The Hall–Kier alpha value is -2.42. The van der Waals surface area contributed by atoms with Gasteiger partial charge in [-0.3, -0.25) is 4.79 Å². The Balaban J connectivity index is 1.42. The van der Waals surface area contributed by atoms with Gasteiger partial charge in [0.1, 0.15) is 11.9 Å². The van der Waals surface area contributed by atoms with Crippen LogP contribution < -0.4 is 15.0 Å². The number of ether oxygens (including phenoxy) is 1. The van der Waals surface area contributed by atoms with Gasteiger partial charge in [0, 0.05) is 30.3 Å². The lowest BCUT2D eigenvalue weighted by Crippen LogP contribution is -2.48. The molecule has 2 N–H and O–H groups in total. The highest BCUT2D eigenvalue weighted by atomic mass is 35.5. The molecule has 2 saturated heterocycles. The molecular formula is C25H30ClF2N3O3. The number of anilines is 1. The quantitative estimate of drug-likeness (QED) is 0.551. The van der Waals surface area contributed by atoms with E-state index in [4.69, 9.17) is 11.6 Å². The van der Waals surface area contributed by atoms with Gasteiger partial charge in [-0.15, -0.1) is 0 Å². The monoisotopic (exact) mass is 493 g/mol. The van der Waals surface area contributed by atoms with E-state index in [1.807, 2.05) is 24.3 Å². The van der Waals surface area contributed by atoms with Gasteiger partial charge in [-0.25, -0.2) is 0 Å². The molecule has 0 saturated carbocycles. The highest BCUT2D eigenvalue weighted by Crippen LogP contribution is 2.27. The largest absolute Gasteiger partial charge is 0.435 e. The molecule has 34 heavy (non-hydrogen) atoms. The predicted molar refractivity (Wildman–Crippen MR) is 127 cm³/mol. The second-order valence-corrected chi connectivity index (χ2v) is 9.36. The second-order valence-electron chi connectivity index (χ2n) is 8.92. The number of hydrogen-bond acceptors (Lipinski definition) is 5. The van der Waals surface area contributed by atoms with Crippen molar-refractivity contribution in [3.8, 4) is 5.75 Å². The van der Waals surface area contributed by atoms with Crippen molar-refractivity contribution >= 4 is 23.2 Å². The SMILES string of the molecule is O=C(N[C@H](CN1CCCC1)[C@H](O)c1ccc(OC(F)F)cc1)[C@@H]1CCN(c2ccc(Cl)cc2)C1. The molecule has 0 unspecified atom stereocenters. The topological polar surface area (TPSA) is 65.0 Å². The van der Waals surface area contributed by atoms with Crippen LogP contribution in [-0.2, 0) is 4.79 Å². The van der Waals surface area contributed by atoms with E-state index in [0.29, 0.717) is 23.7 Å². The Morgan fingerprint density at radius 2 is 1.76 bits per heavy atom. The van der Waals surface area contributed by atoms with E-state index in [0.717, 1.165) is 44.6 Å². The van der Waals surface area contributed by atoms with Gasteiger partial charge in [0.2, 0.25) is 5.91 Å². The summed E-state index contributed by atoms with van der Waals surface area (Å²) in [6, 6.07) is 13.0. The van der Waals surface area contributed by atoms with Gasteiger partial charge in [-0.2, -0.15) is 8.78 Å². The number of rotatable bonds is 9. The van der Waals surface area contributed by atoms with Gasteiger partial charge in [0.15, 0.2) is 0 Å². The summed E-state index contributed by atoms with van der Waals surface area (Å²) in [6.07, 6.45) is 1.93. The molecule has 2 aromatic carbocycles. The van der Waals surface area contributed by atoms with Crippen molar-refractivity contribution < 1.29 is 23.4 Å². The first-order valence-corrected chi connectivity index (χ1v) is 12.0. The minimum Gasteiger partial charge on any atom is -0.435 e. The number of nitrogens with zero attached hydrogens (tertiary/aromatic N) is 2. The van der Waals surface area contributed by atoms with Crippen LogP contribution in [0.1, 0.15) is 30.9 Å². The number of hydrogen-bond donors (Lipinski definition) is 2. The number of aliphatic hydroxyl groups excluding tert-OH is 1. The molecule has 0 radical (unpaired) electrons. The summed E-state index contributed by atoms with van der Waals surface area (Å²) in [4.78, 5) is 17.6. The molecule has 4 rings (SSSR count). The summed E-state index contributed by atoms with van der Waals surface area (Å²) in [6.45, 7) is 0.833. The molecule has 0 spiro atoms. The number of carbonyl (C=O) groups is 1. The number of benzene rings is 2. The van der Waals surface area contributed by atoms with Crippen molar-refractivity contribution in [3.63, 3.8) is 0 Å². The number of halogens is 3. The molecule has 2 heterocycles. The van der Waals surface area contributed by atoms with E-state index in [1.54, 1.807) is 12.1 Å². The van der Waals surface area contributed by atoms with Crippen molar-refractivity contribution in [2.75, 3.05) is 37.6 Å². The average Bonchev–Trinajstić information content (AvgIpc) is 3.51. The van der Waals surface area contributed by atoms with Crippen LogP contribution in [0.15, 0.2) is 48.5 Å². The van der Waals surface area contributed by atoms with E-state index in [1.165, 1.54) is 12.1 Å². The van der Waals surface area contributed by atoms with Gasteiger partial charge in [-0.05, 0) is 74.3 Å². The molecule has 2 aliphatic rings. The standard InChI is InChI=1S/C25H30ClF2N3O3/c26-19-5-7-20(8-6-19)31-14-11-18(15-31)24(33)29-22(16-30-12-1-2-13-30)23(32)17-3-9-21(10-4-17)34-25(27)28/h3-10,18,22-23,25,32H,1-2,11-16H2,(H,29,33)/t18-,22-,23-/m1/s1. The average molecular weight is 494 g/mol. The summed E-state index contributed by atoms with van der Waals surface area (Å²) in [7, 11) is 0. The lowest BCUT2D eigenvalue weighted by atomic mass is 10.00. The van der Waals surface area contributed by atoms with Crippen molar-refractivity contribution in [1.29, 1.82) is 0 Å². The van der Waals surface area contributed by atoms with Crippen LogP contribution in [0.25, 0.3) is 0 Å². The molecule has 0 aromatic heterocycles. The molecule has 2 aliphatic heterocycles. The third-order valence-electron chi connectivity index (χ3n) is 6.56. The Morgan fingerprint density at radius 1 is 1.09 bits per heavy atom. The highest BCUT2D eigenvalue weighted by Gasteiger charge is 2.33. The van der Waals surface area contributed by atoms with E-state index >= 15 is 0 Å². The molecule has 0 bridgehead atoms. The Kier molecular flexibility index (Phi) is 8.24. The number of carbonyl (C=O) groups excluding carboxylic acids is 1. The van der Waals surface area contributed by atoms with Crippen LogP contribution in [0, 0.1) is 5.92 Å². The maximum atomic E-state index is 13.2. The summed E-state index contributed by atoms with van der Waals surface area (Å²) >= 11 is 5.98. The minimum absolute atomic E-state index is 0.0272. The normalized spacial score (nSPS) is 20.5. The van der Waals surface area contributed by atoms with Crippen molar-refractivity contribution in [2.24, 2.45) is 5.92 Å². The lowest BCUT2D eigenvalue weighted by Gasteiger charge is -2.30. The van der Waals surface area contributed by atoms with Gasteiger partial charge in [0.05, 0.1) is 12.0 Å². The Bertz CT molecular complexity index is 939. The Morgan fingerprint density at radius 3 is 2.41 bits per heavy atom. The first kappa shape index (κ1) is 24.7. The van der Waals surface area contributed by atoms with E-state index < -0.39 is 18.8 Å². The molecule has 2 fully saturated rings. The zero-order chi connectivity index (χ0) is 24.1. The molecule has 184 valence electrons. The smallest absolute Gasteiger partial charge is 0.387 e. The first-order valence-electron chi connectivity index (χ1n) is 11.6. The third kappa shape index (κ3) is 6.37. The van der Waals surface area contributed by atoms with Crippen molar-refractivity contribution in [3.05, 3.63) is 59.1 Å². The summed E-state index contributed by atoms with van der Waals surface area (Å²) in [5.74, 6) is -0.248. The summed E-state index contributed by atoms with van der Waals surface area (Å²) in [5.41, 5.74) is 1.57. The van der Waals surface area contributed by atoms with Gasteiger partial charge >= 0.3 is 6.61 Å². The Labute approximate surface area is 203 Å². The molecule has 9 heteroatoms. The van der Waals surface area contributed by atoms with Crippen LogP contribution in [0.5, 0.6) is 5.75 Å². The van der Waals surface area contributed by atoms with Gasteiger partial charge in [-0.1, -0.05) is 23.7 Å². The van der Waals surface area contributed by atoms with Crippen LogP contribution in [-0.4, -0.2) is 61.3 Å². The number of aliphatic hydroxyl groups is 1. The van der Waals surface area contributed by atoms with Crippen LogP contribution in [0.4, 0.5) is 14.5 Å².